The molecule has 4 aromatic carbocycles. The lowest BCUT2D eigenvalue weighted by atomic mass is 10.0. The number of sulfonamides is 1. The van der Waals surface area contributed by atoms with Crippen LogP contribution in [0.1, 0.15) is 31.9 Å². The summed E-state index contributed by atoms with van der Waals surface area (Å²) in [5.41, 5.74) is 1.88. The van der Waals surface area contributed by atoms with E-state index in [0.29, 0.717) is 24.7 Å². The molecule has 1 N–H and O–H groups in total. The van der Waals surface area contributed by atoms with Crippen LogP contribution in [0.4, 0.5) is 5.69 Å². The van der Waals surface area contributed by atoms with Crippen molar-refractivity contribution in [2.24, 2.45) is 5.92 Å². The minimum Gasteiger partial charge on any atom is -0.497 e. The molecule has 0 saturated heterocycles. The van der Waals surface area contributed by atoms with Crippen LogP contribution in [0.3, 0.4) is 0 Å². The summed E-state index contributed by atoms with van der Waals surface area (Å²) in [4.78, 5) is 31.1. The molecule has 49 heavy (non-hydrogen) atoms. The van der Waals surface area contributed by atoms with Crippen molar-refractivity contribution < 1.29 is 27.5 Å². The summed E-state index contributed by atoms with van der Waals surface area (Å²) in [6, 6.07) is 29.0. The van der Waals surface area contributed by atoms with Gasteiger partial charge in [0.2, 0.25) is 11.8 Å². The Labute approximate surface area is 294 Å². The van der Waals surface area contributed by atoms with Gasteiger partial charge in [-0.3, -0.25) is 13.9 Å². The van der Waals surface area contributed by atoms with E-state index < -0.39 is 28.5 Å². The van der Waals surface area contributed by atoms with Gasteiger partial charge in [-0.2, -0.15) is 0 Å². The SMILES string of the molecule is CCOc1ccc(N(CC(=O)N(Cc2cccc(OC)c2)[C@@H](Cc2ccccc2)C(=O)NCC(C)C)S(=O)(=O)c2ccc(SC)cc2)cc1. The molecule has 0 bridgehead atoms. The number of anilines is 1. The number of benzene rings is 4. The third kappa shape index (κ3) is 10.3. The summed E-state index contributed by atoms with van der Waals surface area (Å²) in [6.45, 7) is 6.22. The molecule has 9 nitrogen and oxygen atoms in total. The number of methoxy groups -OCH3 is 1. The van der Waals surface area contributed by atoms with Gasteiger partial charge in [-0.05, 0) is 90.9 Å². The summed E-state index contributed by atoms with van der Waals surface area (Å²) in [5.74, 6) is 0.491. The number of carbonyl (C=O) groups excluding carboxylic acids is 2. The average Bonchev–Trinajstić information content (AvgIpc) is 3.12. The molecule has 0 aliphatic rings. The molecule has 0 fully saturated rings. The van der Waals surface area contributed by atoms with Gasteiger partial charge in [0.1, 0.15) is 24.1 Å². The Morgan fingerprint density at radius 1 is 0.857 bits per heavy atom. The molecule has 4 aromatic rings. The van der Waals surface area contributed by atoms with Gasteiger partial charge in [0.15, 0.2) is 0 Å². The van der Waals surface area contributed by atoms with E-state index in [1.165, 1.54) is 16.7 Å². The van der Waals surface area contributed by atoms with E-state index in [2.05, 4.69) is 5.32 Å². The second-order valence-electron chi connectivity index (χ2n) is 11.8. The lowest BCUT2D eigenvalue weighted by Crippen LogP contribution is -2.53. The maximum atomic E-state index is 14.7. The maximum absolute atomic E-state index is 14.7. The minimum atomic E-state index is -4.23. The van der Waals surface area contributed by atoms with E-state index in [4.69, 9.17) is 9.47 Å². The largest absolute Gasteiger partial charge is 0.497 e. The van der Waals surface area contributed by atoms with Crippen molar-refractivity contribution in [1.82, 2.24) is 10.2 Å². The molecule has 0 heterocycles. The molecule has 0 unspecified atom stereocenters. The highest BCUT2D eigenvalue weighted by Gasteiger charge is 2.34. The Kier molecular flexibility index (Phi) is 13.6. The molecule has 11 heteroatoms. The monoisotopic (exact) mass is 703 g/mol. The third-order valence-corrected chi connectivity index (χ3v) is 10.3. The number of thioether (sulfide) groups is 1. The number of rotatable bonds is 17. The number of hydrogen-bond donors (Lipinski definition) is 1. The first-order valence-electron chi connectivity index (χ1n) is 16.2. The zero-order valence-corrected chi connectivity index (χ0v) is 30.3. The molecule has 260 valence electrons. The molecular formula is C38H45N3O6S2. The number of ether oxygens (including phenoxy) is 2. The summed E-state index contributed by atoms with van der Waals surface area (Å²) < 4.78 is 40.8. The van der Waals surface area contributed by atoms with Gasteiger partial charge >= 0.3 is 0 Å². The molecule has 0 spiro atoms. The normalized spacial score (nSPS) is 11.9. The standard InChI is InChI=1S/C38H45N3O6S2/c1-6-47-32-17-15-31(16-18-32)41(49(44,45)35-21-19-34(48-5)20-22-35)27-37(42)40(26-30-13-10-14-33(23-30)46-4)36(38(43)39-25-28(2)3)24-29-11-8-7-9-12-29/h7-23,28,36H,6,24-27H2,1-5H3,(H,39,43)/t36-/m0/s1. The van der Waals surface area contributed by atoms with Crippen molar-refractivity contribution in [3.8, 4) is 11.5 Å². The van der Waals surface area contributed by atoms with Gasteiger partial charge in [-0.25, -0.2) is 8.42 Å². The van der Waals surface area contributed by atoms with Crippen LogP contribution in [0.15, 0.2) is 113 Å². The van der Waals surface area contributed by atoms with Gasteiger partial charge < -0.3 is 19.7 Å². The fourth-order valence-electron chi connectivity index (χ4n) is 5.22. The number of carbonyl (C=O) groups is 2. The first-order valence-corrected chi connectivity index (χ1v) is 18.9. The second kappa shape index (κ2) is 17.8. The van der Waals surface area contributed by atoms with Crippen molar-refractivity contribution >= 4 is 39.3 Å². The number of nitrogens with one attached hydrogen (secondary N) is 1. The quantitative estimate of drug-likeness (QED) is 0.127. The van der Waals surface area contributed by atoms with E-state index in [9.17, 15) is 18.0 Å². The molecule has 0 aromatic heterocycles. The van der Waals surface area contributed by atoms with Crippen LogP contribution < -0.4 is 19.1 Å². The highest BCUT2D eigenvalue weighted by molar-refractivity contribution is 7.98. The average molecular weight is 704 g/mol. The second-order valence-corrected chi connectivity index (χ2v) is 14.6. The zero-order chi connectivity index (χ0) is 35.4. The maximum Gasteiger partial charge on any atom is 0.264 e. The van der Waals surface area contributed by atoms with Gasteiger partial charge in [0, 0.05) is 24.4 Å². The first-order chi connectivity index (χ1) is 23.5. The lowest BCUT2D eigenvalue weighted by molar-refractivity contribution is -0.140. The smallest absolute Gasteiger partial charge is 0.264 e. The Balaban J connectivity index is 1.81. The Hall–Kier alpha value is -4.48. The number of nitrogens with zero attached hydrogens (tertiary/aromatic N) is 2. The van der Waals surface area contributed by atoms with Crippen LogP contribution in [-0.2, 0) is 32.6 Å². The van der Waals surface area contributed by atoms with Crippen molar-refractivity contribution in [2.45, 2.75) is 49.6 Å². The van der Waals surface area contributed by atoms with Crippen LogP contribution in [0.5, 0.6) is 11.5 Å². The van der Waals surface area contributed by atoms with Crippen molar-refractivity contribution in [1.29, 1.82) is 0 Å². The van der Waals surface area contributed by atoms with Gasteiger partial charge in [-0.15, -0.1) is 11.8 Å². The van der Waals surface area contributed by atoms with Crippen molar-refractivity contribution in [2.75, 3.05) is 37.4 Å². The van der Waals surface area contributed by atoms with E-state index in [1.54, 1.807) is 67.8 Å². The van der Waals surface area contributed by atoms with Crippen LogP contribution in [-0.4, -0.2) is 64.2 Å². The number of hydrogen-bond acceptors (Lipinski definition) is 7. The van der Waals surface area contributed by atoms with Gasteiger partial charge in [0.25, 0.3) is 10.0 Å². The fourth-order valence-corrected chi connectivity index (χ4v) is 7.05. The molecule has 0 aliphatic heterocycles. The van der Waals surface area contributed by atoms with E-state index in [-0.39, 0.29) is 35.4 Å². The Morgan fingerprint density at radius 2 is 1.53 bits per heavy atom. The van der Waals surface area contributed by atoms with Crippen LogP contribution in [0, 0.1) is 5.92 Å². The van der Waals surface area contributed by atoms with Gasteiger partial charge in [0.05, 0.1) is 24.3 Å². The topological polar surface area (TPSA) is 105 Å². The summed E-state index contributed by atoms with van der Waals surface area (Å²) in [6.07, 6.45) is 2.14. The highest BCUT2D eigenvalue weighted by atomic mass is 32.2. The van der Waals surface area contributed by atoms with Crippen molar-refractivity contribution in [3.05, 3.63) is 114 Å². The molecule has 2 amide bonds. The molecule has 0 saturated carbocycles. The fraction of sp³-hybridized carbons (Fsp3) is 0.316. The summed E-state index contributed by atoms with van der Waals surface area (Å²) >= 11 is 1.50. The third-order valence-electron chi connectivity index (χ3n) is 7.80. The predicted octanol–water partition coefficient (Wildman–Crippen LogP) is 6.42. The van der Waals surface area contributed by atoms with Gasteiger partial charge in [-0.1, -0.05) is 56.3 Å². The highest BCUT2D eigenvalue weighted by Crippen LogP contribution is 2.28. The molecular weight excluding hydrogens is 659 g/mol. The van der Waals surface area contributed by atoms with E-state index in [0.717, 1.165) is 20.3 Å². The Bertz CT molecular complexity index is 1770. The Morgan fingerprint density at radius 3 is 2.14 bits per heavy atom. The van der Waals surface area contributed by atoms with E-state index in [1.807, 2.05) is 69.5 Å². The summed E-state index contributed by atoms with van der Waals surface area (Å²) in [5, 5.41) is 3.01. The zero-order valence-electron chi connectivity index (χ0n) is 28.7. The lowest BCUT2D eigenvalue weighted by Gasteiger charge is -2.34. The van der Waals surface area contributed by atoms with Crippen LogP contribution in [0.2, 0.25) is 0 Å². The minimum absolute atomic E-state index is 0.0434. The predicted molar refractivity (Wildman–Crippen MR) is 196 cm³/mol. The van der Waals surface area contributed by atoms with Crippen LogP contribution >= 0.6 is 11.8 Å². The van der Waals surface area contributed by atoms with E-state index >= 15 is 0 Å². The first kappa shape index (κ1) is 37.3. The van der Waals surface area contributed by atoms with Crippen LogP contribution in [0.25, 0.3) is 0 Å². The number of amides is 2. The molecule has 1 atom stereocenters. The molecule has 4 rings (SSSR count). The van der Waals surface area contributed by atoms with Crippen molar-refractivity contribution in [3.63, 3.8) is 0 Å². The molecule has 0 radical (unpaired) electrons. The summed E-state index contributed by atoms with van der Waals surface area (Å²) in [7, 11) is -2.67. The molecule has 0 aliphatic carbocycles.